The predicted molar refractivity (Wildman–Crippen MR) is 227 cm³/mol. The number of hydrogen-bond acceptors (Lipinski definition) is 8. The molecule has 0 aliphatic heterocycles. The van der Waals surface area contributed by atoms with Gasteiger partial charge in [0.1, 0.15) is 28.1 Å². The summed E-state index contributed by atoms with van der Waals surface area (Å²) in [6.07, 6.45) is 19.0. The summed E-state index contributed by atoms with van der Waals surface area (Å²) < 4.78 is 25.2. The summed E-state index contributed by atoms with van der Waals surface area (Å²) in [5.41, 5.74) is 3.91. The normalized spacial score (nSPS) is 11.5. The third-order valence-corrected chi connectivity index (χ3v) is 10.1. The van der Waals surface area contributed by atoms with Gasteiger partial charge in [-0.1, -0.05) is 75.7 Å². The number of methoxy groups -OCH3 is 1. The molecule has 3 rings (SSSR count). The number of ether oxygens (including phenoxy) is 3. The van der Waals surface area contributed by atoms with Gasteiger partial charge < -0.3 is 33.5 Å². The van der Waals surface area contributed by atoms with Crippen LogP contribution in [0.25, 0.3) is 21.9 Å². The fraction of sp³-hybridized carbons (Fsp3) is 0.630. The molecule has 302 valence electrons. The lowest BCUT2D eigenvalue weighted by molar-refractivity contribution is 0.266. The van der Waals surface area contributed by atoms with Gasteiger partial charge >= 0.3 is 0 Å². The topological polar surface area (TPSA) is 84.6 Å². The maximum atomic E-state index is 14.5. The van der Waals surface area contributed by atoms with E-state index in [0.29, 0.717) is 71.0 Å². The van der Waals surface area contributed by atoms with Crippen LogP contribution in [-0.4, -0.2) is 75.5 Å². The second-order valence-electron chi connectivity index (χ2n) is 15.6. The van der Waals surface area contributed by atoms with Crippen molar-refractivity contribution in [2.75, 3.05) is 60.6 Å². The lowest BCUT2D eigenvalue weighted by atomic mass is 9.98. The van der Waals surface area contributed by atoms with Gasteiger partial charge in [0.25, 0.3) is 0 Å². The minimum Gasteiger partial charge on any atom is -0.507 e. The highest BCUT2D eigenvalue weighted by molar-refractivity contribution is 5.98. The van der Waals surface area contributed by atoms with Gasteiger partial charge in [0.2, 0.25) is 5.43 Å². The average Bonchev–Trinajstić information content (AvgIpc) is 3.13. The molecule has 54 heavy (non-hydrogen) atoms. The van der Waals surface area contributed by atoms with Gasteiger partial charge in [0.05, 0.1) is 25.7 Å². The van der Waals surface area contributed by atoms with E-state index in [2.05, 4.69) is 43.8 Å². The number of nitrogens with zero attached hydrogens (tertiary/aromatic N) is 2. The number of aromatic hydroxyl groups is 1. The number of benzene rings is 2. The number of hydrogen-bond donors (Lipinski definition) is 1. The van der Waals surface area contributed by atoms with Crippen LogP contribution in [0.1, 0.15) is 130 Å². The second kappa shape index (κ2) is 24.1. The first kappa shape index (κ1) is 44.9. The van der Waals surface area contributed by atoms with Crippen molar-refractivity contribution in [3.05, 3.63) is 56.8 Å². The first-order valence-electron chi connectivity index (χ1n) is 20.8. The van der Waals surface area contributed by atoms with Gasteiger partial charge in [-0.05, 0) is 119 Å². The van der Waals surface area contributed by atoms with E-state index < -0.39 is 0 Å². The molecular weight excluding hydrogens is 677 g/mol. The fourth-order valence-electron chi connectivity index (χ4n) is 6.84. The van der Waals surface area contributed by atoms with Crippen LogP contribution in [0.5, 0.6) is 23.0 Å². The molecule has 8 heteroatoms. The van der Waals surface area contributed by atoms with Gasteiger partial charge in [-0.25, -0.2) is 0 Å². The van der Waals surface area contributed by atoms with Gasteiger partial charge in [-0.3, -0.25) is 4.79 Å². The summed E-state index contributed by atoms with van der Waals surface area (Å²) in [6, 6.07) is 3.55. The number of unbranched alkanes of at least 4 members (excludes halogenated alkanes) is 8. The van der Waals surface area contributed by atoms with Crippen LogP contribution >= 0.6 is 0 Å². The van der Waals surface area contributed by atoms with Crippen LogP contribution < -0.4 is 19.6 Å². The smallest absolute Gasteiger partial charge is 0.204 e. The van der Waals surface area contributed by atoms with Crippen molar-refractivity contribution in [3.63, 3.8) is 0 Å². The Labute approximate surface area is 326 Å². The number of phenols is 1. The van der Waals surface area contributed by atoms with E-state index >= 15 is 0 Å². The molecule has 0 saturated heterocycles. The van der Waals surface area contributed by atoms with E-state index in [1.807, 2.05) is 33.8 Å². The zero-order valence-corrected chi connectivity index (χ0v) is 35.3. The highest BCUT2D eigenvalue weighted by Crippen LogP contribution is 2.42. The lowest BCUT2D eigenvalue weighted by Crippen LogP contribution is -2.21. The molecule has 1 aromatic heterocycles. The van der Waals surface area contributed by atoms with Gasteiger partial charge in [0.15, 0.2) is 11.5 Å². The predicted octanol–water partition coefficient (Wildman–Crippen LogP) is 11.0. The SMILES string of the molecule is CCCCCCN(C)CCCCOc1cc2oc3cc(OCCCCN(C)CCCCCC)c(OC)c(CC=C(C)C)c3c(=O)c2c(O)c1CC=C(C)C. The Hall–Kier alpha value is -3.49. The zero-order chi connectivity index (χ0) is 39.5. The molecule has 0 amide bonds. The average molecular weight is 749 g/mol. The van der Waals surface area contributed by atoms with Gasteiger partial charge in [-0.2, -0.15) is 0 Å². The zero-order valence-electron chi connectivity index (χ0n) is 35.3. The highest BCUT2D eigenvalue weighted by Gasteiger charge is 2.24. The van der Waals surface area contributed by atoms with Crippen LogP contribution in [0, 0.1) is 0 Å². The first-order valence-corrected chi connectivity index (χ1v) is 20.8. The summed E-state index contributed by atoms with van der Waals surface area (Å²) in [4.78, 5) is 19.3. The fourth-order valence-corrected chi connectivity index (χ4v) is 6.84. The van der Waals surface area contributed by atoms with Crippen LogP contribution in [0.2, 0.25) is 0 Å². The lowest BCUT2D eigenvalue weighted by Gasteiger charge is -2.19. The Morgan fingerprint density at radius 1 is 0.667 bits per heavy atom. The van der Waals surface area contributed by atoms with E-state index in [1.54, 1.807) is 19.2 Å². The van der Waals surface area contributed by atoms with Crippen LogP contribution in [-0.2, 0) is 12.8 Å². The highest BCUT2D eigenvalue weighted by atomic mass is 16.5. The second-order valence-corrected chi connectivity index (χ2v) is 15.6. The molecule has 1 N–H and O–H groups in total. The van der Waals surface area contributed by atoms with Crippen molar-refractivity contribution in [3.8, 4) is 23.0 Å². The molecule has 0 aliphatic rings. The van der Waals surface area contributed by atoms with E-state index in [0.717, 1.165) is 63.0 Å². The molecule has 3 aromatic rings. The van der Waals surface area contributed by atoms with Crippen molar-refractivity contribution in [2.24, 2.45) is 0 Å². The molecule has 1 heterocycles. The maximum absolute atomic E-state index is 14.5. The van der Waals surface area contributed by atoms with E-state index in [4.69, 9.17) is 18.6 Å². The molecule has 2 aromatic carbocycles. The molecule has 0 aliphatic carbocycles. The Morgan fingerprint density at radius 3 is 1.63 bits per heavy atom. The van der Waals surface area contributed by atoms with Crippen LogP contribution in [0.3, 0.4) is 0 Å². The standard InChI is InChI=1S/C46H72N2O6/c1-10-12-14-16-26-47(7)28-18-20-30-52-38-32-40-43(44(49)36(38)24-22-34(3)4)45(50)42-37(25-23-35(5)6)46(51-9)41(33-39(42)54-40)53-31-21-19-29-48(8)27-17-15-13-11-2/h22-23,32-33,49H,10-21,24-31H2,1-9H3. The number of allylic oxidation sites excluding steroid dienone is 4. The number of phenolic OH excluding ortho intramolecular Hbond substituents is 1. The maximum Gasteiger partial charge on any atom is 0.204 e. The third kappa shape index (κ3) is 14.0. The van der Waals surface area contributed by atoms with Crippen molar-refractivity contribution in [1.82, 2.24) is 9.80 Å². The minimum absolute atomic E-state index is 0.0924. The third-order valence-electron chi connectivity index (χ3n) is 10.1. The van der Waals surface area contributed by atoms with Crippen LogP contribution in [0.4, 0.5) is 0 Å². The van der Waals surface area contributed by atoms with Crippen molar-refractivity contribution >= 4 is 21.9 Å². The largest absolute Gasteiger partial charge is 0.507 e. The van der Waals surface area contributed by atoms with Crippen molar-refractivity contribution in [1.29, 1.82) is 0 Å². The number of fused-ring (bicyclic) bond motifs is 2. The molecular formula is C46H72N2O6. The van der Waals surface area contributed by atoms with Gasteiger partial charge in [-0.15, -0.1) is 0 Å². The summed E-state index contributed by atoms with van der Waals surface area (Å²) in [5, 5.41) is 12.4. The van der Waals surface area contributed by atoms with E-state index in [-0.39, 0.29) is 16.6 Å². The molecule has 0 radical (unpaired) electrons. The monoisotopic (exact) mass is 749 g/mol. The first-order chi connectivity index (χ1) is 26.0. The molecule has 8 nitrogen and oxygen atoms in total. The summed E-state index contributed by atoms with van der Waals surface area (Å²) in [5.74, 6) is 1.52. The summed E-state index contributed by atoms with van der Waals surface area (Å²) in [6.45, 7) is 17.9. The Morgan fingerprint density at radius 2 is 1.13 bits per heavy atom. The van der Waals surface area contributed by atoms with Gasteiger partial charge in [0, 0.05) is 23.3 Å². The minimum atomic E-state index is -0.292. The molecule has 0 saturated carbocycles. The van der Waals surface area contributed by atoms with Crippen LogP contribution in [0.15, 0.2) is 44.6 Å². The van der Waals surface area contributed by atoms with Crippen molar-refractivity contribution < 1.29 is 23.7 Å². The molecule has 0 bridgehead atoms. The number of rotatable bonds is 27. The quantitative estimate of drug-likeness (QED) is 0.0469. The molecule has 0 fully saturated rings. The summed E-state index contributed by atoms with van der Waals surface area (Å²) >= 11 is 0. The van der Waals surface area contributed by atoms with Crippen molar-refractivity contribution in [2.45, 2.75) is 131 Å². The Bertz CT molecular complexity index is 1700. The summed E-state index contributed by atoms with van der Waals surface area (Å²) in [7, 11) is 5.99. The van der Waals surface area contributed by atoms with E-state index in [9.17, 15) is 9.90 Å². The molecule has 0 spiro atoms. The molecule has 0 atom stereocenters. The van der Waals surface area contributed by atoms with E-state index in [1.165, 1.54) is 51.4 Å². The Kier molecular flexibility index (Phi) is 20.1. The Balaban J connectivity index is 1.93. The molecule has 0 unspecified atom stereocenters.